The SMILES string of the molecule is Cc1noc(C)c1-c1cnc(N)c(Oc2ccc(C(=O)NC3CC3)cc2)n1. The first-order chi connectivity index (χ1) is 13.0. The molecular weight excluding hydrogens is 346 g/mol. The van der Waals surface area contributed by atoms with Crippen LogP contribution in [0.15, 0.2) is 35.0 Å². The number of benzene rings is 1. The van der Waals surface area contributed by atoms with Gasteiger partial charge in [0.1, 0.15) is 11.5 Å². The normalized spacial score (nSPS) is 13.4. The summed E-state index contributed by atoms with van der Waals surface area (Å²) in [6.45, 7) is 3.63. The summed E-state index contributed by atoms with van der Waals surface area (Å²) in [5.41, 5.74) is 8.53. The predicted octanol–water partition coefficient (Wildman–Crippen LogP) is 3.02. The van der Waals surface area contributed by atoms with Crippen LogP contribution in [0.5, 0.6) is 11.6 Å². The Labute approximate surface area is 155 Å². The molecule has 3 aromatic rings. The Bertz CT molecular complexity index is 974. The van der Waals surface area contributed by atoms with E-state index in [4.69, 9.17) is 15.0 Å². The molecule has 138 valence electrons. The number of nitrogens with one attached hydrogen (secondary N) is 1. The molecule has 1 aliphatic rings. The molecule has 1 saturated carbocycles. The lowest BCUT2D eigenvalue weighted by atomic mass is 10.1. The fraction of sp³-hybridized carbons (Fsp3) is 0.263. The molecule has 1 fully saturated rings. The van der Waals surface area contributed by atoms with Crippen molar-refractivity contribution in [3.8, 4) is 22.9 Å². The van der Waals surface area contributed by atoms with Gasteiger partial charge < -0.3 is 20.3 Å². The van der Waals surface area contributed by atoms with Crippen LogP contribution in [0.2, 0.25) is 0 Å². The van der Waals surface area contributed by atoms with Crippen molar-refractivity contribution < 1.29 is 14.1 Å². The number of carbonyl (C=O) groups excluding carboxylic acids is 1. The highest BCUT2D eigenvalue weighted by Crippen LogP contribution is 2.30. The highest BCUT2D eigenvalue weighted by molar-refractivity contribution is 5.94. The van der Waals surface area contributed by atoms with Crippen molar-refractivity contribution in [1.29, 1.82) is 0 Å². The molecule has 2 heterocycles. The Balaban J connectivity index is 1.55. The molecule has 27 heavy (non-hydrogen) atoms. The van der Waals surface area contributed by atoms with Gasteiger partial charge >= 0.3 is 0 Å². The first-order valence-electron chi connectivity index (χ1n) is 8.66. The van der Waals surface area contributed by atoms with Crippen molar-refractivity contribution >= 4 is 11.7 Å². The lowest BCUT2D eigenvalue weighted by molar-refractivity contribution is 0.0951. The molecule has 0 spiro atoms. The van der Waals surface area contributed by atoms with Gasteiger partial charge in [0.05, 0.1) is 23.1 Å². The summed E-state index contributed by atoms with van der Waals surface area (Å²) in [5.74, 6) is 1.42. The smallest absolute Gasteiger partial charge is 0.263 e. The van der Waals surface area contributed by atoms with Crippen molar-refractivity contribution in [2.24, 2.45) is 0 Å². The molecule has 1 aliphatic carbocycles. The Morgan fingerprint density at radius 1 is 1.26 bits per heavy atom. The van der Waals surface area contributed by atoms with Crippen LogP contribution >= 0.6 is 0 Å². The van der Waals surface area contributed by atoms with Gasteiger partial charge in [-0.05, 0) is 51.0 Å². The van der Waals surface area contributed by atoms with Crippen LogP contribution in [0.25, 0.3) is 11.3 Å². The van der Waals surface area contributed by atoms with Gasteiger partial charge in [-0.25, -0.2) is 9.97 Å². The van der Waals surface area contributed by atoms with E-state index in [-0.39, 0.29) is 17.6 Å². The number of rotatable bonds is 5. The molecule has 0 radical (unpaired) electrons. The Morgan fingerprint density at radius 3 is 2.63 bits per heavy atom. The van der Waals surface area contributed by atoms with Crippen LogP contribution in [-0.4, -0.2) is 27.1 Å². The summed E-state index contributed by atoms with van der Waals surface area (Å²) in [6.07, 6.45) is 3.65. The molecule has 0 unspecified atom stereocenters. The second kappa shape index (κ2) is 6.71. The quantitative estimate of drug-likeness (QED) is 0.714. The van der Waals surface area contributed by atoms with Gasteiger partial charge in [0.15, 0.2) is 5.82 Å². The van der Waals surface area contributed by atoms with Crippen molar-refractivity contribution in [2.45, 2.75) is 32.7 Å². The monoisotopic (exact) mass is 365 g/mol. The zero-order chi connectivity index (χ0) is 19.0. The molecule has 0 atom stereocenters. The van der Waals surface area contributed by atoms with Crippen LogP contribution in [-0.2, 0) is 0 Å². The summed E-state index contributed by atoms with van der Waals surface area (Å²) in [4.78, 5) is 20.7. The number of amides is 1. The second-order valence-electron chi connectivity index (χ2n) is 6.52. The number of carbonyl (C=O) groups is 1. The molecule has 1 aromatic carbocycles. The van der Waals surface area contributed by atoms with E-state index in [1.54, 1.807) is 37.4 Å². The van der Waals surface area contributed by atoms with Gasteiger partial charge in [-0.3, -0.25) is 4.79 Å². The molecular formula is C19H19N5O3. The Morgan fingerprint density at radius 2 is 2.00 bits per heavy atom. The van der Waals surface area contributed by atoms with E-state index in [9.17, 15) is 4.79 Å². The third-order valence-corrected chi connectivity index (χ3v) is 4.30. The van der Waals surface area contributed by atoms with E-state index in [1.165, 1.54) is 0 Å². The molecule has 4 rings (SSSR count). The van der Waals surface area contributed by atoms with Crippen LogP contribution in [0.3, 0.4) is 0 Å². The minimum Gasteiger partial charge on any atom is -0.436 e. The van der Waals surface area contributed by atoms with Crippen molar-refractivity contribution in [1.82, 2.24) is 20.4 Å². The number of nitrogens with two attached hydrogens (primary N) is 1. The molecule has 8 heteroatoms. The minimum atomic E-state index is -0.0799. The van der Waals surface area contributed by atoms with Crippen molar-refractivity contribution in [3.05, 3.63) is 47.5 Å². The first kappa shape index (κ1) is 17.0. The standard InChI is InChI=1S/C19H19N5O3/c1-10-16(11(2)27-24-10)15-9-21-17(20)19(23-15)26-14-7-3-12(4-8-14)18(25)22-13-5-6-13/h3-4,7-9,13H,5-6H2,1-2H3,(H2,20,21)(H,22,25). The van der Waals surface area contributed by atoms with Crippen molar-refractivity contribution in [3.63, 3.8) is 0 Å². The zero-order valence-electron chi connectivity index (χ0n) is 15.0. The van der Waals surface area contributed by atoms with Gasteiger partial charge in [0.2, 0.25) is 0 Å². The van der Waals surface area contributed by atoms with Crippen LogP contribution in [0.4, 0.5) is 5.82 Å². The number of aryl methyl sites for hydroxylation is 2. The number of ether oxygens (including phenoxy) is 1. The van der Waals surface area contributed by atoms with Gasteiger partial charge in [-0.1, -0.05) is 5.16 Å². The van der Waals surface area contributed by atoms with Gasteiger partial charge in [-0.2, -0.15) is 0 Å². The maximum atomic E-state index is 12.0. The molecule has 2 aromatic heterocycles. The number of hydrogen-bond donors (Lipinski definition) is 2. The maximum absolute atomic E-state index is 12.0. The molecule has 1 amide bonds. The number of hydrogen-bond acceptors (Lipinski definition) is 7. The summed E-state index contributed by atoms with van der Waals surface area (Å²) in [6, 6.07) is 7.12. The summed E-state index contributed by atoms with van der Waals surface area (Å²) in [5, 5.41) is 6.87. The number of nitrogens with zero attached hydrogens (tertiary/aromatic N) is 3. The Hall–Kier alpha value is -3.42. The maximum Gasteiger partial charge on any atom is 0.263 e. The van der Waals surface area contributed by atoms with E-state index in [0.717, 1.165) is 18.4 Å². The largest absolute Gasteiger partial charge is 0.436 e. The van der Waals surface area contributed by atoms with Crippen LogP contribution < -0.4 is 15.8 Å². The summed E-state index contributed by atoms with van der Waals surface area (Å²) < 4.78 is 11.0. The second-order valence-corrected chi connectivity index (χ2v) is 6.52. The zero-order valence-corrected chi connectivity index (χ0v) is 15.0. The average molecular weight is 365 g/mol. The Kier molecular flexibility index (Phi) is 4.23. The lowest BCUT2D eigenvalue weighted by Gasteiger charge is -2.09. The fourth-order valence-electron chi connectivity index (χ4n) is 2.71. The molecule has 0 bridgehead atoms. The minimum absolute atomic E-state index is 0.0799. The highest BCUT2D eigenvalue weighted by atomic mass is 16.5. The average Bonchev–Trinajstić information content (AvgIpc) is 3.41. The third kappa shape index (κ3) is 3.59. The third-order valence-electron chi connectivity index (χ3n) is 4.30. The van der Waals surface area contributed by atoms with E-state index < -0.39 is 0 Å². The highest BCUT2D eigenvalue weighted by Gasteiger charge is 2.23. The molecule has 0 aliphatic heterocycles. The predicted molar refractivity (Wildman–Crippen MR) is 98.4 cm³/mol. The molecule has 3 N–H and O–H groups in total. The first-order valence-corrected chi connectivity index (χ1v) is 8.66. The number of aromatic nitrogens is 3. The number of nitrogen functional groups attached to an aromatic ring is 1. The fourth-order valence-corrected chi connectivity index (χ4v) is 2.71. The van der Waals surface area contributed by atoms with E-state index in [0.29, 0.717) is 34.5 Å². The van der Waals surface area contributed by atoms with E-state index in [2.05, 4.69) is 20.4 Å². The van der Waals surface area contributed by atoms with Crippen molar-refractivity contribution in [2.75, 3.05) is 5.73 Å². The summed E-state index contributed by atoms with van der Waals surface area (Å²) >= 11 is 0. The van der Waals surface area contributed by atoms with E-state index in [1.807, 2.05) is 6.92 Å². The van der Waals surface area contributed by atoms with Crippen LogP contribution in [0, 0.1) is 13.8 Å². The van der Waals surface area contributed by atoms with E-state index >= 15 is 0 Å². The topological polar surface area (TPSA) is 116 Å². The molecule has 0 saturated heterocycles. The molecule has 8 nitrogen and oxygen atoms in total. The van der Waals surface area contributed by atoms with Gasteiger partial charge in [0.25, 0.3) is 11.8 Å². The summed E-state index contributed by atoms with van der Waals surface area (Å²) in [7, 11) is 0. The van der Waals surface area contributed by atoms with Crippen LogP contribution in [0.1, 0.15) is 34.7 Å². The van der Waals surface area contributed by atoms with Gasteiger partial charge in [0, 0.05) is 11.6 Å². The number of anilines is 1. The van der Waals surface area contributed by atoms with Gasteiger partial charge in [-0.15, -0.1) is 0 Å². The lowest BCUT2D eigenvalue weighted by Crippen LogP contribution is -2.25.